The van der Waals surface area contributed by atoms with Crippen LogP contribution in [0.15, 0.2) is 18.2 Å². The van der Waals surface area contributed by atoms with Crippen LogP contribution in [-0.2, 0) is 10.2 Å². The lowest BCUT2D eigenvalue weighted by molar-refractivity contribution is 0.282. The molecule has 1 aliphatic rings. The summed E-state index contributed by atoms with van der Waals surface area (Å²) in [5.41, 5.74) is 5.09. The second-order valence-electron chi connectivity index (χ2n) is 5.29. The first-order valence-electron chi connectivity index (χ1n) is 6.72. The highest BCUT2D eigenvalue weighted by Crippen LogP contribution is 2.23. The molecular formula is C13H19FN4O2S. The molecule has 0 radical (unpaired) electrons. The summed E-state index contributed by atoms with van der Waals surface area (Å²) in [7, 11) is -3.78. The van der Waals surface area contributed by atoms with Gasteiger partial charge in [0.2, 0.25) is 0 Å². The van der Waals surface area contributed by atoms with Crippen LogP contribution in [-0.4, -0.2) is 31.6 Å². The molecule has 2 rings (SSSR count). The van der Waals surface area contributed by atoms with Crippen LogP contribution in [0.5, 0.6) is 0 Å². The molecule has 1 aliphatic heterocycles. The van der Waals surface area contributed by atoms with Crippen LogP contribution in [0.1, 0.15) is 25.3 Å². The number of nitrogens with zero attached hydrogens (tertiary/aromatic N) is 1. The number of piperidine rings is 1. The Morgan fingerprint density at radius 1 is 1.52 bits per heavy atom. The van der Waals surface area contributed by atoms with E-state index in [1.807, 2.05) is 6.92 Å². The monoisotopic (exact) mass is 314 g/mol. The minimum atomic E-state index is -3.78. The zero-order valence-corrected chi connectivity index (χ0v) is 12.6. The Balaban J connectivity index is 2.29. The third-order valence-electron chi connectivity index (χ3n) is 3.48. The van der Waals surface area contributed by atoms with Gasteiger partial charge in [-0.2, -0.15) is 12.7 Å². The fraction of sp³-hybridized carbons (Fsp3) is 0.462. The lowest BCUT2D eigenvalue weighted by Crippen LogP contribution is -2.42. The zero-order chi connectivity index (χ0) is 15.6. The van der Waals surface area contributed by atoms with Crippen molar-refractivity contribution >= 4 is 21.7 Å². The number of hydrogen-bond acceptors (Lipinski definition) is 3. The van der Waals surface area contributed by atoms with Crippen molar-refractivity contribution in [2.45, 2.75) is 19.8 Å². The minimum Gasteiger partial charge on any atom is -0.384 e. The molecule has 0 spiro atoms. The Morgan fingerprint density at radius 2 is 2.24 bits per heavy atom. The van der Waals surface area contributed by atoms with Crippen molar-refractivity contribution in [2.24, 2.45) is 11.7 Å². The molecular weight excluding hydrogens is 295 g/mol. The lowest BCUT2D eigenvalue weighted by atomic mass is 10.0. The van der Waals surface area contributed by atoms with Gasteiger partial charge in [-0.3, -0.25) is 10.1 Å². The second-order valence-corrected chi connectivity index (χ2v) is 6.96. The van der Waals surface area contributed by atoms with E-state index in [0.29, 0.717) is 13.1 Å². The second kappa shape index (κ2) is 5.98. The minimum absolute atomic E-state index is 0.0132. The van der Waals surface area contributed by atoms with Crippen LogP contribution in [0, 0.1) is 17.1 Å². The molecule has 0 amide bonds. The molecule has 1 atom stereocenters. The average molecular weight is 314 g/mol. The molecule has 1 aromatic carbocycles. The molecule has 0 bridgehead atoms. The zero-order valence-electron chi connectivity index (χ0n) is 11.8. The third kappa shape index (κ3) is 3.51. The van der Waals surface area contributed by atoms with E-state index in [4.69, 9.17) is 11.1 Å². The molecule has 1 aromatic rings. The van der Waals surface area contributed by atoms with Gasteiger partial charge in [0, 0.05) is 13.1 Å². The Hall–Kier alpha value is -1.67. The van der Waals surface area contributed by atoms with Gasteiger partial charge in [0.15, 0.2) is 0 Å². The smallest absolute Gasteiger partial charge is 0.301 e. The summed E-state index contributed by atoms with van der Waals surface area (Å²) in [6.45, 7) is 2.86. The van der Waals surface area contributed by atoms with Crippen molar-refractivity contribution in [3.8, 4) is 0 Å². The van der Waals surface area contributed by atoms with E-state index in [1.54, 1.807) is 0 Å². The van der Waals surface area contributed by atoms with Gasteiger partial charge in [-0.1, -0.05) is 13.0 Å². The predicted molar refractivity (Wildman–Crippen MR) is 79.9 cm³/mol. The highest BCUT2D eigenvalue weighted by molar-refractivity contribution is 7.90. The third-order valence-corrected chi connectivity index (χ3v) is 4.97. The van der Waals surface area contributed by atoms with Gasteiger partial charge < -0.3 is 5.73 Å². The van der Waals surface area contributed by atoms with Crippen LogP contribution in [0.25, 0.3) is 0 Å². The van der Waals surface area contributed by atoms with E-state index >= 15 is 0 Å². The van der Waals surface area contributed by atoms with E-state index < -0.39 is 21.9 Å². The first-order valence-corrected chi connectivity index (χ1v) is 8.16. The normalized spacial score (nSPS) is 20.2. The van der Waals surface area contributed by atoms with Gasteiger partial charge in [0.05, 0.1) is 11.3 Å². The Labute approximate surface area is 123 Å². The fourth-order valence-corrected chi connectivity index (χ4v) is 3.85. The van der Waals surface area contributed by atoms with Gasteiger partial charge in [0.25, 0.3) is 0 Å². The van der Waals surface area contributed by atoms with Crippen molar-refractivity contribution in [1.29, 1.82) is 5.41 Å². The summed E-state index contributed by atoms with van der Waals surface area (Å²) >= 11 is 0. The van der Waals surface area contributed by atoms with E-state index in [0.717, 1.165) is 18.9 Å². The highest BCUT2D eigenvalue weighted by Gasteiger charge is 2.28. The number of amidine groups is 1. The molecule has 21 heavy (non-hydrogen) atoms. The molecule has 6 nitrogen and oxygen atoms in total. The summed E-state index contributed by atoms with van der Waals surface area (Å²) in [5.74, 6) is -0.956. The first-order chi connectivity index (χ1) is 9.81. The van der Waals surface area contributed by atoms with Crippen LogP contribution >= 0.6 is 0 Å². The average Bonchev–Trinajstić information content (AvgIpc) is 2.37. The fourth-order valence-electron chi connectivity index (χ4n) is 2.45. The standard InChI is InChI=1S/C13H19FN4O2S/c1-9-4-3-7-18(8-9)21(19,20)17-11-6-2-5-10(14)12(11)13(15)16/h2,5-6,9,17H,3-4,7-8H2,1H3,(H3,15,16). The maximum absolute atomic E-state index is 13.7. The summed E-state index contributed by atoms with van der Waals surface area (Å²) in [6, 6.07) is 3.90. The molecule has 1 heterocycles. The maximum atomic E-state index is 13.7. The van der Waals surface area contributed by atoms with Gasteiger partial charge in [0.1, 0.15) is 11.7 Å². The van der Waals surface area contributed by atoms with Crippen molar-refractivity contribution < 1.29 is 12.8 Å². The van der Waals surface area contributed by atoms with Crippen LogP contribution in [0.4, 0.5) is 10.1 Å². The molecule has 0 aromatic heterocycles. The summed E-state index contributed by atoms with van der Waals surface area (Å²) < 4.78 is 42.1. The number of anilines is 1. The van der Waals surface area contributed by atoms with Crippen LogP contribution < -0.4 is 10.5 Å². The van der Waals surface area contributed by atoms with Gasteiger partial charge in [-0.15, -0.1) is 0 Å². The first kappa shape index (κ1) is 15.7. The largest absolute Gasteiger partial charge is 0.384 e. The van der Waals surface area contributed by atoms with E-state index in [-0.39, 0.29) is 17.2 Å². The summed E-state index contributed by atoms with van der Waals surface area (Å²) in [6.07, 6.45) is 1.79. The summed E-state index contributed by atoms with van der Waals surface area (Å²) in [5, 5.41) is 7.39. The van der Waals surface area contributed by atoms with Crippen molar-refractivity contribution in [1.82, 2.24) is 4.31 Å². The summed E-state index contributed by atoms with van der Waals surface area (Å²) in [4.78, 5) is 0. The molecule has 1 unspecified atom stereocenters. The molecule has 0 saturated carbocycles. The van der Waals surface area contributed by atoms with Crippen LogP contribution in [0.3, 0.4) is 0 Å². The maximum Gasteiger partial charge on any atom is 0.301 e. The molecule has 1 saturated heterocycles. The molecule has 1 fully saturated rings. The SMILES string of the molecule is CC1CCCN(S(=O)(=O)Nc2cccc(F)c2C(=N)N)C1. The van der Waals surface area contributed by atoms with Crippen molar-refractivity contribution in [3.05, 3.63) is 29.6 Å². The number of hydrogen-bond donors (Lipinski definition) is 3. The van der Waals surface area contributed by atoms with E-state index in [2.05, 4.69) is 4.72 Å². The number of rotatable bonds is 4. The van der Waals surface area contributed by atoms with Gasteiger partial charge in [-0.25, -0.2) is 4.39 Å². The topological polar surface area (TPSA) is 99.3 Å². The molecule has 0 aliphatic carbocycles. The molecule has 116 valence electrons. The van der Waals surface area contributed by atoms with Crippen molar-refractivity contribution in [2.75, 3.05) is 17.8 Å². The Kier molecular flexibility index (Phi) is 4.48. The van der Waals surface area contributed by atoms with Gasteiger partial charge in [-0.05, 0) is 30.9 Å². The van der Waals surface area contributed by atoms with E-state index in [9.17, 15) is 12.8 Å². The van der Waals surface area contributed by atoms with Crippen LogP contribution in [0.2, 0.25) is 0 Å². The quantitative estimate of drug-likeness (QED) is 0.580. The number of nitrogen functional groups attached to an aromatic ring is 1. The Morgan fingerprint density at radius 3 is 2.86 bits per heavy atom. The Bertz CT molecular complexity index is 648. The molecule has 8 heteroatoms. The highest BCUT2D eigenvalue weighted by atomic mass is 32.2. The number of benzene rings is 1. The molecule has 4 N–H and O–H groups in total. The number of nitrogens with two attached hydrogens (primary N) is 1. The van der Waals surface area contributed by atoms with Gasteiger partial charge >= 0.3 is 10.2 Å². The number of nitrogens with one attached hydrogen (secondary N) is 2. The van der Waals surface area contributed by atoms with Crippen molar-refractivity contribution in [3.63, 3.8) is 0 Å². The predicted octanol–water partition coefficient (Wildman–Crippen LogP) is 1.50. The van der Waals surface area contributed by atoms with E-state index in [1.165, 1.54) is 16.4 Å². The number of halogens is 1. The lowest BCUT2D eigenvalue weighted by Gasteiger charge is -2.30.